The largest absolute Gasteiger partial charge is 0.373 e. The van der Waals surface area contributed by atoms with E-state index in [1.165, 1.54) is 25.1 Å². The van der Waals surface area contributed by atoms with E-state index in [1.807, 2.05) is 7.05 Å². The molecule has 0 amide bonds. The predicted molar refractivity (Wildman–Crippen MR) is 114 cm³/mol. The highest BCUT2D eigenvalue weighted by Gasteiger charge is 2.32. The monoisotopic (exact) mass is 435 g/mol. The van der Waals surface area contributed by atoms with Gasteiger partial charge >= 0.3 is 0 Å². The van der Waals surface area contributed by atoms with Gasteiger partial charge in [-0.25, -0.2) is 0 Å². The Bertz CT molecular complexity index is 670. The molecule has 3 saturated heterocycles. The van der Waals surface area contributed by atoms with Gasteiger partial charge < -0.3 is 20.3 Å². The molecule has 0 bridgehead atoms. The van der Waals surface area contributed by atoms with Crippen LogP contribution in [0.3, 0.4) is 0 Å². The molecule has 3 aliphatic heterocycles. The number of benzene rings is 1. The average molecular weight is 436 g/mol. The molecule has 1 aromatic rings. The molecule has 3 heterocycles. The quantitative estimate of drug-likeness (QED) is 0.559. The third kappa shape index (κ3) is 4.58. The highest BCUT2D eigenvalue weighted by molar-refractivity contribution is 9.10. The summed E-state index contributed by atoms with van der Waals surface area (Å²) in [4.78, 5) is 9.42. The van der Waals surface area contributed by atoms with Crippen LogP contribution in [-0.2, 0) is 4.74 Å². The molecule has 148 valence electrons. The minimum atomic E-state index is 0.248. The number of nitrogens with one attached hydrogen (secondary N) is 2. The number of halogens is 1. The summed E-state index contributed by atoms with van der Waals surface area (Å²) < 4.78 is 7.20. The molecule has 0 spiro atoms. The Hall–Kier alpha value is -1.31. The number of rotatable bonds is 4. The van der Waals surface area contributed by atoms with Crippen molar-refractivity contribution >= 4 is 27.6 Å². The van der Waals surface area contributed by atoms with Gasteiger partial charge in [0.15, 0.2) is 5.96 Å². The number of hydrogen-bond donors (Lipinski definition) is 2. The van der Waals surface area contributed by atoms with E-state index in [2.05, 4.69) is 65.6 Å². The molecule has 0 aromatic heterocycles. The number of guanidine groups is 1. The summed E-state index contributed by atoms with van der Waals surface area (Å²) in [7, 11) is 1.84. The summed E-state index contributed by atoms with van der Waals surface area (Å²) in [5.74, 6) is 0.876. The van der Waals surface area contributed by atoms with E-state index in [-0.39, 0.29) is 6.10 Å². The van der Waals surface area contributed by atoms with Gasteiger partial charge in [0, 0.05) is 49.8 Å². The molecule has 0 aliphatic carbocycles. The lowest BCUT2D eigenvalue weighted by atomic mass is 10.2. The van der Waals surface area contributed by atoms with Gasteiger partial charge in [-0.3, -0.25) is 9.89 Å². The van der Waals surface area contributed by atoms with Crippen LogP contribution in [0.2, 0.25) is 0 Å². The van der Waals surface area contributed by atoms with Gasteiger partial charge in [0.25, 0.3) is 0 Å². The van der Waals surface area contributed by atoms with Gasteiger partial charge in [0.2, 0.25) is 0 Å². The van der Waals surface area contributed by atoms with E-state index in [4.69, 9.17) is 4.74 Å². The van der Waals surface area contributed by atoms with Crippen LogP contribution in [-0.4, -0.2) is 75.4 Å². The van der Waals surface area contributed by atoms with Crippen molar-refractivity contribution in [3.8, 4) is 0 Å². The normalized spacial score (nSPS) is 29.0. The molecule has 27 heavy (non-hydrogen) atoms. The summed E-state index contributed by atoms with van der Waals surface area (Å²) in [5.41, 5.74) is 1.26. The highest BCUT2D eigenvalue weighted by atomic mass is 79.9. The molecule has 3 atom stereocenters. The van der Waals surface area contributed by atoms with Crippen molar-refractivity contribution < 1.29 is 4.74 Å². The summed E-state index contributed by atoms with van der Waals surface area (Å²) >= 11 is 3.66. The summed E-state index contributed by atoms with van der Waals surface area (Å²) in [6, 6.07) is 9.48. The lowest BCUT2D eigenvalue weighted by Gasteiger charge is -2.35. The first-order chi connectivity index (χ1) is 13.2. The number of hydrogen-bond acceptors (Lipinski definition) is 4. The van der Waals surface area contributed by atoms with Gasteiger partial charge in [-0.15, -0.1) is 0 Å². The number of anilines is 1. The number of fused-ring (bicyclic) bond motifs is 1. The summed E-state index contributed by atoms with van der Waals surface area (Å²) in [6.07, 6.45) is 3.96. The molecule has 3 aliphatic rings. The number of para-hydroxylation sites is 1. The molecule has 0 radical (unpaired) electrons. The molecule has 3 fully saturated rings. The molecule has 3 unspecified atom stereocenters. The highest BCUT2D eigenvalue weighted by Crippen LogP contribution is 2.28. The van der Waals surface area contributed by atoms with Gasteiger partial charge in [0.05, 0.1) is 18.4 Å². The first-order valence-electron chi connectivity index (χ1n) is 10.0. The predicted octanol–water partition coefficient (Wildman–Crippen LogP) is 2.06. The fourth-order valence-corrected chi connectivity index (χ4v) is 4.95. The second-order valence-electron chi connectivity index (χ2n) is 7.73. The van der Waals surface area contributed by atoms with Crippen molar-refractivity contribution in [2.24, 2.45) is 4.99 Å². The minimum Gasteiger partial charge on any atom is -0.373 e. The molecule has 0 saturated carbocycles. The number of nitrogens with zero attached hydrogens (tertiary/aromatic N) is 3. The van der Waals surface area contributed by atoms with Crippen LogP contribution in [0.15, 0.2) is 33.7 Å². The fraction of sp³-hybridized carbons (Fsp3) is 0.650. The Labute approximate surface area is 170 Å². The van der Waals surface area contributed by atoms with E-state index in [1.54, 1.807) is 0 Å². The van der Waals surface area contributed by atoms with Crippen LogP contribution < -0.4 is 15.5 Å². The first-order valence-corrected chi connectivity index (χ1v) is 10.8. The van der Waals surface area contributed by atoms with Crippen LogP contribution in [0.25, 0.3) is 0 Å². The smallest absolute Gasteiger partial charge is 0.191 e. The first kappa shape index (κ1) is 19.0. The van der Waals surface area contributed by atoms with E-state index >= 15 is 0 Å². The number of aliphatic imine (C=N–C) groups is 1. The second-order valence-corrected chi connectivity index (χ2v) is 8.58. The van der Waals surface area contributed by atoms with Gasteiger partial charge in [-0.1, -0.05) is 12.1 Å². The zero-order valence-electron chi connectivity index (χ0n) is 16.0. The van der Waals surface area contributed by atoms with Crippen LogP contribution >= 0.6 is 15.9 Å². The van der Waals surface area contributed by atoms with E-state index < -0.39 is 0 Å². The molecule has 6 nitrogen and oxygen atoms in total. The average Bonchev–Trinajstić information content (AvgIpc) is 3.34. The van der Waals surface area contributed by atoms with Gasteiger partial charge in [-0.05, 0) is 53.9 Å². The Kier molecular flexibility index (Phi) is 6.20. The lowest BCUT2D eigenvalue weighted by molar-refractivity contribution is -0.0453. The van der Waals surface area contributed by atoms with Crippen molar-refractivity contribution in [3.63, 3.8) is 0 Å². The van der Waals surface area contributed by atoms with E-state index in [9.17, 15) is 0 Å². The van der Waals surface area contributed by atoms with Crippen molar-refractivity contribution in [2.75, 3.05) is 51.3 Å². The van der Waals surface area contributed by atoms with Crippen molar-refractivity contribution in [1.82, 2.24) is 15.5 Å². The SMILES string of the molecule is CN=C(NCC1CN2CCCC2CO1)NC1CCN(c2ccccc2Br)C1. The Morgan fingerprint density at radius 3 is 3.00 bits per heavy atom. The van der Waals surface area contributed by atoms with Crippen molar-refractivity contribution in [2.45, 2.75) is 37.5 Å². The Morgan fingerprint density at radius 2 is 2.15 bits per heavy atom. The second kappa shape index (κ2) is 8.80. The number of morpholine rings is 1. The standard InChI is InChI=1S/C20H30BrN5O/c1-22-20(23-11-17-13-25-9-4-5-16(25)14-27-17)24-15-8-10-26(12-15)19-7-3-2-6-18(19)21/h2-3,6-7,15-17H,4-5,8-14H2,1H3,(H2,22,23,24). The van der Waals surface area contributed by atoms with Crippen molar-refractivity contribution in [1.29, 1.82) is 0 Å². The van der Waals surface area contributed by atoms with Gasteiger partial charge in [-0.2, -0.15) is 0 Å². The van der Waals surface area contributed by atoms with E-state index in [0.29, 0.717) is 12.1 Å². The summed E-state index contributed by atoms with van der Waals surface area (Å²) in [6.45, 7) is 5.99. The van der Waals surface area contributed by atoms with E-state index in [0.717, 1.165) is 49.6 Å². The maximum Gasteiger partial charge on any atom is 0.191 e. The fourth-order valence-electron chi connectivity index (χ4n) is 4.41. The Morgan fingerprint density at radius 1 is 1.26 bits per heavy atom. The molecular weight excluding hydrogens is 406 g/mol. The number of ether oxygens (including phenoxy) is 1. The van der Waals surface area contributed by atoms with Crippen LogP contribution in [0, 0.1) is 0 Å². The van der Waals surface area contributed by atoms with Crippen molar-refractivity contribution in [3.05, 3.63) is 28.7 Å². The minimum absolute atomic E-state index is 0.248. The molecule has 7 heteroatoms. The third-order valence-corrected chi connectivity index (χ3v) is 6.58. The van der Waals surface area contributed by atoms with Gasteiger partial charge in [0.1, 0.15) is 0 Å². The third-order valence-electron chi connectivity index (χ3n) is 5.90. The molecule has 1 aromatic carbocycles. The molecule has 2 N–H and O–H groups in total. The zero-order valence-corrected chi connectivity index (χ0v) is 17.6. The van der Waals surface area contributed by atoms with Crippen LogP contribution in [0.5, 0.6) is 0 Å². The molecular formula is C20H30BrN5O. The maximum atomic E-state index is 6.04. The van der Waals surface area contributed by atoms with Crippen LogP contribution in [0.4, 0.5) is 5.69 Å². The zero-order chi connectivity index (χ0) is 18.6. The van der Waals surface area contributed by atoms with Crippen LogP contribution in [0.1, 0.15) is 19.3 Å². The lowest BCUT2D eigenvalue weighted by Crippen LogP contribution is -2.52. The maximum absolute atomic E-state index is 6.04. The summed E-state index contributed by atoms with van der Waals surface area (Å²) in [5, 5.41) is 7.05. The molecule has 4 rings (SSSR count). The topological polar surface area (TPSA) is 52.1 Å². The Balaban J connectivity index is 1.24.